The van der Waals surface area contributed by atoms with Gasteiger partial charge in [-0.3, -0.25) is 4.72 Å². The van der Waals surface area contributed by atoms with Crippen molar-refractivity contribution in [3.63, 3.8) is 0 Å². The number of hydrogen-bond donors (Lipinski definition) is 2. The first kappa shape index (κ1) is 15.3. The molecule has 0 aliphatic carbocycles. The number of hydrogen-bond acceptors (Lipinski definition) is 4. The molecule has 0 saturated heterocycles. The number of anilines is 2. The monoisotopic (exact) mass is 312 g/mol. The lowest BCUT2D eigenvalue weighted by Crippen LogP contribution is -2.13. The highest BCUT2D eigenvalue weighted by atomic mass is 32.2. The first-order chi connectivity index (χ1) is 9.76. The summed E-state index contributed by atoms with van der Waals surface area (Å²) in [6.07, 6.45) is 4.49. The largest absolute Gasteiger partial charge is 0.375 e. The maximum atomic E-state index is 13.6. The molecule has 1 atom stereocenters. The summed E-state index contributed by atoms with van der Waals surface area (Å²) in [4.78, 5) is 4.23. The zero-order valence-corrected chi connectivity index (χ0v) is 12.8. The van der Waals surface area contributed by atoms with Gasteiger partial charge in [0.15, 0.2) is 0 Å². The molecule has 0 fully saturated rings. The third-order valence-corrected chi connectivity index (χ3v) is 3.48. The average Bonchev–Trinajstić information content (AvgIpc) is 2.78. The highest BCUT2D eigenvalue weighted by Gasteiger charge is 2.12. The van der Waals surface area contributed by atoms with Crippen LogP contribution < -0.4 is 10.0 Å². The maximum absolute atomic E-state index is 13.6. The SMILES string of the molecule is CC(Nc1ccc(F)c(NS(C)(=O)=O)c1)c1nccn1C. The highest BCUT2D eigenvalue weighted by Crippen LogP contribution is 2.23. The number of imidazole rings is 1. The van der Waals surface area contributed by atoms with E-state index in [1.165, 1.54) is 12.1 Å². The Morgan fingerprint density at radius 2 is 2.10 bits per heavy atom. The van der Waals surface area contributed by atoms with Crippen molar-refractivity contribution in [1.82, 2.24) is 9.55 Å². The first-order valence-electron chi connectivity index (χ1n) is 6.27. The minimum Gasteiger partial charge on any atom is -0.375 e. The van der Waals surface area contributed by atoms with Crippen LogP contribution in [0.3, 0.4) is 0 Å². The van der Waals surface area contributed by atoms with Gasteiger partial charge in [0.05, 0.1) is 18.0 Å². The van der Waals surface area contributed by atoms with E-state index < -0.39 is 15.8 Å². The molecular weight excluding hydrogens is 295 g/mol. The molecule has 1 unspecified atom stereocenters. The van der Waals surface area contributed by atoms with Crippen LogP contribution in [0.2, 0.25) is 0 Å². The average molecular weight is 312 g/mol. The number of rotatable bonds is 5. The van der Waals surface area contributed by atoms with Gasteiger partial charge in [-0.15, -0.1) is 0 Å². The number of halogens is 1. The fourth-order valence-corrected chi connectivity index (χ4v) is 2.56. The summed E-state index contributed by atoms with van der Waals surface area (Å²) in [7, 11) is -1.65. The van der Waals surface area contributed by atoms with Crippen LogP contribution in [0.15, 0.2) is 30.6 Å². The summed E-state index contributed by atoms with van der Waals surface area (Å²) >= 11 is 0. The van der Waals surface area contributed by atoms with Gasteiger partial charge in [-0.1, -0.05) is 0 Å². The minimum absolute atomic E-state index is 0.0884. The Morgan fingerprint density at radius 1 is 1.38 bits per heavy atom. The van der Waals surface area contributed by atoms with Crippen molar-refractivity contribution in [1.29, 1.82) is 0 Å². The molecule has 2 rings (SSSR count). The van der Waals surface area contributed by atoms with Crippen LogP contribution in [0.4, 0.5) is 15.8 Å². The third-order valence-electron chi connectivity index (χ3n) is 2.89. The molecule has 0 aliphatic heterocycles. The van der Waals surface area contributed by atoms with E-state index in [4.69, 9.17) is 0 Å². The van der Waals surface area contributed by atoms with E-state index in [-0.39, 0.29) is 11.7 Å². The highest BCUT2D eigenvalue weighted by molar-refractivity contribution is 7.92. The topological polar surface area (TPSA) is 76.0 Å². The Kier molecular flexibility index (Phi) is 4.17. The molecule has 0 spiro atoms. The Labute approximate surface area is 123 Å². The van der Waals surface area contributed by atoms with Gasteiger partial charge in [0, 0.05) is 25.1 Å². The van der Waals surface area contributed by atoms with Gasteiger partial charge in [-0.05, 0) is 25.1 Å². The summed E-state index contributed by atoms with van der Waals surface area (Å²) in [6, 6.07) is 4.06. The van der Waals surface area contributed by atoms with E-state index in [1.807, 2.05) is 24.7 Å². The lowest BCUT2D eigenvalue weighted by molar-refractivity contribution is 0.603. The molecule has 8 heteroatoms. The molecule has 2 N–H and O–H groups in total. The Bertz CT molecular complexity index is 742. The molecule has 0 radical (unpaired) electrons. The Hall–Kier alpha value is -2.09. The fraction of sp³-hybridized carbons (Fsp3) is 0.308. The molecule has 1 aromatic carbocycles. The number of benzene rings is 1. The zero-order chi connectivity index (χ0) is 15.6. The van der Waals surface area contributed by atoms with Gasteiger partial charge in [-0.25, -0.2) is 17.8 Å². The van der Waals surface area contributed by atoms with Crippen LogP contribution in [0.5, 0.6) is 0 Å². The van der Waals surface area contributed by atoms with E-state index >= 15 is 0 Å². The van der Waals surface area contributed by atoms with Crippen molar-refractivity contribution in [3.8, 4) is 0 Å². The van der Waals surface area contributed by atoms with Crippen LogP contribution in [0.1, 0.15) is 18.8 Å². The lowest BCUT2D eigenvalue weighted by atomic mass is 10.2. The van der Waals surface area contributed by atoms with E-state index in [2.05, 4.69) is 15.0 Å². The molecule has 114 valence electrons. The smallest absolute Gasteiger partial charge is 0.229 e. The minimum atomic E-state index is -3.53. The number of aromatic nitrogens is 2. The van der Waals surface area contributed by atoms with E-state index in [1.54, 1.807) is 12.3 Å². The van der Waals surface area contributed by atoms with Crippen molar-refractivity contribution >= 4 is 21.4 Å². The second-order valence-electron chi connectivity index (χ2n) is 4.83. The predicted octanol–water partition coefficient (Wildman–Crippen LogP) is 2.10. The van der Waals surface area contributed by atoms with Crippen LogP contribution in [-0.2, 0) is 17.1 Å². The molecule has 1 aromatic heterocycles. The van der Waals surface area contributed by atoms with Gasteiger partial charge in [0.2, 0.25) is 10.0 Å². The summed E-state index contributed by atoms with van der Waals surface area (Å²) in [5.74, 6) is 0.188. The number of sulfonamides is 1. The Balaban J connectivity index is 2.21. The van der Waals surface area contributed by atoms with Gasteiger partial charge in [0.1, 0.15) is 11.6 Å². The van der Waals surface area contributed by atoms with Crippen LogP contribution in [-0.4, -0.2) is 24.2 Å². The molecule has 2 aromatic rings. The molecule has 0 bridgehead atoms. The Morgan fingerprint density at radius 3 is 2.67 bits per heavy atom. The van der Waals surface area contributed by atoms with Crippen LogP contribution in [0.25, 0.3) is 0 Å². The zero-order valence-electron chi connectivity index (χ0n) is 12.0. The molecule has 21 heavy (non-hydrogen) atoms. The number of nitrogens with one attached hydrogen (secondary N) is 2. The summed E-state index contributed by atoms with van der Waals surface area (Å²) in [6.45, 7) is 1.91. The summed E-state index contributed by atoms with van der Waals surface area (Å²) in [5.41, 5.74) is 0.507. The molecule has 0 saturated carbocycles. The van der Waals surface area contributed by atoms with Gasteiger partial charge >= 0.3 is 0 Å². The van der Waals surface area contributed by atoms with E-state index in [0.29, 0.717) is 5.69 Å². The van der Waals surface area contributed by atoms with Crippen molar-refractivity contribution in [2.24, 2.45) is 7.05 Å². The first-order valence-corrected chi connectivity index (χ1v) is 8.16. The van der Waals surface area contributed by atoms with E-state index in [9.17, 15) is 12.8 Å². The molecule has 0 aliphatic rings. The quantitative estimate of drug-likeness (QED) is 0.886. The van der Waals surface area contributed by atoms with Gasteiger partial charge in [-0.2, -0.15) is 0 Å². The van der Waals surface area contributed by atoms with Crippen molar-refractivity contribution in [2.45, 2.75) is 13.0 Å². The number of nitrogens with zero attached hydrogens (tertiary/aromatic N) is 2. The van der Waals surface area contributed by atoms with E-state index in [0.717, 1.165) is 12.1 Å². The normalized spacial score (nSPS) is 13.0. The molecule has 1 heterocycles. The van der Waals surface area contributed by atoms with Crippen molar-refractivity contribution in [2.75, 3.05) is 16.3 Å². The van der Waals surface area contributed by atoms with Gasteiger partial charge < -0.3 is 9.88 Å². The van der Waals surface area contributed by atoms with Crippen molar-refractivity contribution < 1.29 is 12.8 Å². The number of aryl methyl sites for hydroxylation is 1. The van der Waals surface area contributed by atoms with Gasteiger partial charge in [0.25, 0.3) is 0 Å². The molecule has 0 amide bonds. The molecule has 6 nitrogen and oxygen atoms in total. The second-order valence-corrected chi connectivity index (χ2v) is 6.58. The summed E-state index contributed by atoms with van der Waals surface area (Å²) in [5, 5.41) is 3.15. The van der Waals surface area contributed by atoms with Crippen LogP contribution in [0, 0.1) is 5.82 Å². The fourth-order valence-electron chi connectivity index (χ4n) is 2.00. The lowest BCUT2D eigenvalue weighted by Gasteiger charge is -2.16. The molecular formula is C13H17FN4O2S. The predicted molar refractivity (Wildman–Crippen MR) is 80.1 cm³/mol. The van der Waals surface area contributed by atoms with Crippen molar-refractivity contribution in [3.05, 3.63) is 42.2 Å². The summed E-state index contributed by atoms with van der Waals surface area (Å²) < 4.78 is 40.0. The van der Waals surface area contributed by atoms with Crippen LogP contribution >= 0.6 is 0 Å². The second kappa shape index (κ2) is 5.72. The standard InChI is InChI=1S/C13H17FN4O2S/c1-9(13-15-6-7-18(13)2)16-10-4-5-11(14)12(8-10)17-21(3,19)20/h4-9,16-17H,1-3H3. The maximum Gasteiger partial charge on any atom is 0.229 e. The third kappa shape index (κ3) is 3.94.